The minimum absolute atomic E-state index is 0.0687. The van der Waals surface area contributed by atoms with Gasteiger partial charge in [0.05, 0.1) is 0 Å². The van der Waals surface area contributed by atoms with Gasteiger partial charge in [-0.1, -0.05) is 76.8 Å². The van der Waals surface area contributed by atoms with Crippen LogP contribution in [-0.4, -0.2) is 10.4 Å². The number of hydrogen-bond acceptors (Lipinski definition) is 2. The van der Waals surface area contributed by atoms with Gasteiger partial charge in [0.1, 0.15) is 0 Å². The molecule has 0 saturated heterocycles. The van der Waals surface area contributed by atoms with Crippen molar-refractivity contribution < 1.29 is 14.3 Å². The minimum atomic E-state index is -4.15. The molecule has 0 heterocycles. The fourth-order valence-corrected chi connectivity index (χ4v) is 6.49. The number of allylic oxidation sites excluding steroid dienone is 4. The summed E-state index contributed by atoms with van der Waals surface area (Å²) >= 11 is 0. The zero-order valence-electron chi connectivity index (χ0n) is 18.9. The topological polar surface area (TPSA) is 54.4 Å². The number of carbonyl (C=O) groups excluding carboxylic acids is 1. The summed E-state index contributed by atoms with van der Waals surface area (Å²) in [6.07, 6.45) is 10.3. The highest BCUT2D eigenvalue weighted by molar-refractivity contribution is 7.79. The van der Waals surface area contributed by atoms with Crippen molar-refractivity contribution in [3.63, 3.8) is 0 Å². The van der Waals surface area contributed by atoms with Crippen LogP contribution >= 0.6 is 7.37 Å². The van der Waals surface area contributed by atoms with Gasteiger partial charge in [0.2, 0.25) is 0 Å². The van der Waals surface area contributed by atoms with Crippen LogP contribution in [0.3, 0.4) is 0 Å². The lowest BCUT2D eigenvalue weighted by atomic mass is 9.87. The number of unbranched alkanes of at least 4 members (excludes halogenated alkanes) is 2. The largest absolute Gasteiger partial charge is 0.336 e. The van der Waals surface area contributed by atoms with Crippen LogP contribution in [0.25, 0.3) is 0 Å². The predicted molar refractivity (Wildman–Crippen MR) is 123 cm³/mol. The first-order valence-electron chi connectivity index (χ1n) is 11.0. The molecule has 3 atom stereocenters. The van der Waals surface area contributed by atoms with Gasteiger partial charge in [0.25, 0.3) is 12.9 Å². The summed E-state index contributed by atoms with van der Waals surface area (Å²) in [5.41, 5.74) is 3.77. The number of carbonyl (C=O) groups is 1. The van der Waals surface area contributed by atoms with Crippen LogP contribution in [0.15, 0.2) is 35.2 Å². The molecular formula is C25H37O3P. The Morgan fingerprint density at radius 2 is 1.62 bits per heavy atom. The van der Waals surface area contributed by atoms with Crippen molar-refractivity contribution in [2.45, 2.75) is 80.1 Å². The van der Waals surface area contributed by atoms with Gasteiger partial charge in [-0.05, 0) is 55.7 Å². The summed E-state index contributed by atoms with van der Waals surface area (Å²) < 4.78 is 13.5. The lowest BCUT2D eigenvalue weighted by molar-refractivity contribution is 0.106. The zero-order chi connectivity index (χ0) is 21.8. The van der Waals surface area contributed by atoms with E-state index in [0.29, 0.717) is 10.9 Å². The Morgan fingerprint density at radius 3 is 2.17 bits per heavy atom. The smallest absolute Gasteiger partial charge is 0.294 e. The highest BCUT2D eigenvalue weighted by atomic mass is 31.2. The number of aryl methyl sites for hydroxylation is 3. The van der Waals surface area contributed by atoms with Gasteiger partial charge in [-0.15, -0.1) is 0 Å². The molecule has 0 spiro atoms. The molecule has 0 aliphatic heterocycles. The van der Waals surface area contributed by atoms with E-state index in [9.17, 15) is 14.3 Å². The summed E-state index contributed by atoms with van der Waals surface area (Å²) in [7, 11) is -4.15. The molecule has 2 rings (SSSR count). The summed E-state index contributed by atoms with van der Waals surface area (Å²) in [4.78, 5) is 24.4. The van der Waals surface area contributed by atoms with E-state index in [1.165, 1.54) is 24.0 Å². The lowest BCUT2D eigenvalue weighted by Crippen LogP contribution is -2.16. The van der Waals surface area contributed by atoms with Crippen molar-refractivity contribution in [1.29, 1.82) is 0 Å². The molecule has 0 radical (unpaired) electrons. The second kappa shape index (κ2) is 10.0. The first kappa shape index (κ1) is 23.8. The molecule has 29 heavy (non-hydrogen) atoms. The van der Waals surface area contributed by atoms with E-state index in [0.717, 1.165) is 36.8 Å². The third kappa shape index (κ3) is 5.38. The quantitative estimate of drug-likeness (QED) is 0.260. The second-order valence-electron chi connectivity index (χ2n) is 8.61. The number of hydrogen-bond donors (Lipinski definition) is 1. The monoisotopic (exact) mass is 416 g/mol. The van der Waals surface area contributed by atoms with Gasteiger partial charge >= 0.3 is 0 Å². The van der Waals surface area contributed by atoms with Crippen molar-refractivity contribution in [3.05, 3.63) is 57.4 Å². The van der Waals surface area contributed by atoms with Crippen LogP contribution in [0.4, 0.5) is 0 Å². The SMILES string of the molecule is CCCCCc1cc(C)c(C(=O)P(=O)(O)C2=CC(C)C=C(CCC)C2C)c(C)c1. The standard InChI is InChI=1S/C25H37O3P/c1-7-9-10-12-21-15-18(4)24(19(5)16-21)25(26)29(27,28)23-14-17(3)13-22(11-8-2)20(23)6/h13-17,20H,7-12H2,1-6H3,(H,27,28). The van der Waals surface area contributed by atoms with E-state index in [1.54, 1.807) is 0 Å². The highest BCUT2D eigenvalue weighted by Gasteiger charge is 2.40. The third-order valence-electron chi connectivity index (χ3n) is 5.95. The van der Waals surface area contributed by atoms with Crippen LogP contribution in [-0.2, 0) is 11.0 Å². The average molecular weight is 417 g/mol. The Labute approximate surface area is 176 Å². The molecule has 0 bridgehead atoms. The molecule has 0 saturated carbocycles. The summed E-state index contributed by atoms with van der Waals surface area (Å²) in [5.74, 6) is -0.0981. The van der Waals surface area contributed by atoms with E-state index < -0.39 is 12.9 Å². The first-order chi connectivity index (χ1) is 13.6. The molecule has 1 aliphatic carbocycles. The fourth-order valence-electron chi connectivity index (χ4n) is 4.47. The lowest BCUT2D eigenvalue weighted by Gasteiger charge is -2.28. The minimum Gasteiger partial charge on any atom is -0.336 e. The van der Waals surface area contributed by atoms with Crippen molar-refractivity contribution >= 4 is 12.9 Å². The Morgan fingerprint density at radius 1 is 1.00 bits per heavy atom. The number of benzene rings is 1. The highest BCUT2D eigenvalue weighted by Crippen LogP contribution is 2.59. The van der Waals surface area contributed by atoms with E-state index in [-0.39, 0.29) is 11.8 Å². The molecule has 0 fully saturated rings. The van der Waals surface area contributed by atoms with Crippen LogP contribution in [0.1, 0.15) is 86.8 Å². The normalized spacial score (nSPS) is 21.3. The maximum atomic E-state index is 13.5. The molecule has 1 N–H and O–H groups in total. The average Bonchev–Trinajstić information content (AvgIpc) is 2.64. The molecule has 4 heteroatoms. The maximum absolute atomic E-state index is 13.5. The van der Waals surface area contributed by atoms with Crippen molar-refractivity contribution in [2.24, 2.45) is 11.8 Å². The van der Waals surface area contributed by atoms with E-state index in [4.69, 9.17) is 0 Å². The molecule has 1 aromatic rings. The summed E-state index contributed by atoms with van der Waals surface area (Å²) in [6.45, 7) is 12.0. The van der Waals surface area contributed by atoms with Crippen molar-refractivity contribution in [1.82, 2.24) is 0 Å². The van der Waals surface area contributed by atoms with Crippen LogP contribution in [0, 0.1) is 25.7 Å². The van der Waals surface area contributed by atoms with Gasteiger partial charge in [-0.3, -0.25) is 9.36 Å². The van der Waals surface area contributed by atoms with Gasteiger partial charge in [0, 0.05) is 16.8 Å². The van der Waals surface area contributed by atoms with Gasteiger partial charge < -0.3 is 4.89 Å². The molecule has 160 valence electrons. The molecule has 0 aromatic heterocycles. The Bertz CT molecular complexity index is 840. The first-order valence-corrected chi connectivity index (χ1v) is 12.7. The van der Waals surface area contributed by atoms with E-state index in [1.807, 2.05) is 45.9 Å². The Balaban J connectivity index is 2.37. The van der Waals surface area contributed by atoms with E-state index in [2.05, 4.69) is 19.9 Å². The zero-order valence-corrected chi connectivity index (χ0v) is 19.8. The van der Waals surface area contributed by atoms with Crippen molar-refractivity contribution in [3.8, 4) is 0 Å². The summed E-state index contributed by atoms with van der Waals surface area (Å²) in [6, 6.07) is 4.03. The Kier molecular flexibility index (Phi) is 8.26. The van der Waals surface area contributed by atoms with Gasteiger partial charge in [-0.25, -0.2) is 0 Å². The maximum Gasteiger partial charge on any atom is 0.294 e. The molecule has 1 aromatic carbocycles. The van der Waals surface area contributed by atoms with Crippen LogP contribution < -0.4 is 0 Å². The van der Waals surface area contributed by atoms with Crippen LogP contribution in [0.2, 0.25) is 0 Å². The fraction of sp³-hybridized carbons (Fsp3) is 0.560. The third-order valence-corrected chi connectivity index (χ3v) is 7.96. The molecule has 0 amide bonds. The Hall–Kier alpha value is -1.44. The van der Waals surface area contributed by atoms with Crippen molar-refractivity contribution in [2.75, 3.05) is 0 Å². The molecule has 3 nitrogen and oxygen atoms in total. The molecule has 1 aliphatic rings. The predicted octanol–water partition coefficient (Wildman–Crippen LogP) is 7.34. The van der Waals surface area contributed by atoms with Crippen LogP contribution in [0.5, 0.6) is 0 Å². The molecule has 3 unspecified atom stereocenters. The number of rotatable bonds is 9. The molecular weight excluding hydrogens is 379 g/mol. The van der Waals surface area contributed by atoms with E-state index >= 15 is 0 Å². The second-order valence-corrected chi connectivity index (χ2v) is 10.7. The van der Waals surface area contributed by atoms with Gasteiger partial charge in [0.15, 0.2) is 0 Å². The van der Waals surface area contributed by atoms with Gasteiger partial charge in [-0.2, -0.15) is 0 Å². The summed E-state index contributed by atoms with van der Waals surface area (Å²) in [5, 5.41) is 0.409.